The summed E-state index contributed by atoms with van der Waals surface area (Å²) in [5.74, 6) is -1.20. The van der Waals surface area contributed by atoms with Gasteiger partial charge in [0, 0.05) is 45.9 Å². The molecular weight excluding hydrogens is 729 g/mol. The van der Waals surface area contributed by atoms with Crippen LogP contribution in [0.5, 0.6) is 17.2 Å². The van der Waals surface area contributed by atoms with Gasteiger partial charge in [-0.15, -0.1) is 13.2 Å². The Labute approximate surface area is 304 Å². The number of sulfonamides is 1. The normalized spacial score (nSPS) is 15.8. The second kappa shape index (κ2) is 14.4. The Bertz CT molecular complexity index is 2020. The second-order valence-electron chi connectivity index (χ2n) is 13.0. The van der Waals surface area contributed by atoms with Crippen molar-refractivity contribution < 1.29 is 50.2 Å². The van der Waals surface area contributed by atoms with Crippen LogP contribution in [0.1, 0.15) is 62.8 Å². The van der Waals surface area contributed by atoms with Crippen LogP contribution in [0.4, 0.5) is 24.5 Å². The number of nitrogens with zero attached hydrogens (tertiary/aromatic N) is 2. The first-order valence-corrected chi connectivity index (χ1v) is 18.3. The fraction of sp³-hybridized carbons (Fsp3) is 0.400. The molecule has 1 unspecified atom stereocenters. The number of hydrogen-bond acceptors (Lipinski definition) is 10. The largest absolute Gasteiger partial charge is 0.573 e. The van der Waals surface area contributed by atoms with E-state index in [1.54, 1.807) is 49.4 Å². The van der Waals surface area contributed by atoms with E-state index in [4.69, 9.17) is 25.9 Å². The summed E-state index contributed by atoms with van der Waals surface area (Å²) in [4.78, 5) is 34.3. The van der Waals surface area contributed by atoms with Gasteiger partial charge in [-0.05, 0) is 69.0 Å². The first-order chi connectivity index (χ1) is 24.3. The predicted molar refractivity (Wildman–Crippen MR) is 189 cm³/mol. The van der Waals surface area contributed by atoms with E-state index >= 15 is 0 Å². The summed E-state index contributed by atoms with van der Waals surface area (Å²) >= 11 is 6.28. The van der Waals surface area contributed by atoms with Gasteiger partial charge in [0.05, 0.1) is 31.9 Å². The highest BCUT2D eigenvalue weighted by molar-refractivity contribution is 7.89. The molecule has 0 saturated heterocycles. The number of nitrogens with one attached hydrogen (secondary N) is 2. The quantitative estimate of drug-likeness (QED) is 0.148. The van der Waals surface area contributed by atoms with Gasteiger partial charge in [-0.1, -0.05) is 35.8 Å². The number of benzene rings is 3. The van der Waals surface area contributed by atoms with Crippen LogP contribution >= 0.6 is 11.6 Å². The van der Waals surface area contributed by atoms with Gasteiger partial charge >= 0.3 is 6.36 Å². The summed E-state index contributed by atoms with van der Waals surface area (Å²) in [6.07, 6.45) is -2.25. The van der Waals surface area contributed by atoms with E-state index in [1.165, 1.54) is 45.1 Å². The van der Waals surface area contributed by atoms with E-state index in [2.05, 4.69) is 15.2 Å². The van der Waals surface area contributed by atoms with Crippen molar-refractivity contribution in [3.63, 3.8) is 0 Å². The average molecular weight is 767 g/mol. The van der Waals surface area contributed by atoms with Crippen LogP contribution in [0.25, 0.3) is 0 Å². The number of ether oxygens (including phenoxy) is 3. The van der Waals surface area contributed by atoms with Crippen molar-refractivity contribution in [3.8, 4) is 17.2 Å². The standard InChI is InChI=1S/C35H38ClF3N4O8S/c1-7-27(41-51-33(2,3)32(45)42-52(6,46)47)20-14-22(17-24(15-20)48-4)40-30(25-10-8-21(36)16-29(25)49-5)31(44)43-19-34(12-13-34)26-11-9-23(18-28(26)43)50-35(37,38)39/h8-11,14-18,30,40H,7,12-13,19H2,1-6H3,(H,42,45). The summed E-state index contributed by atoms with van der Waals surface area (Å²) in [5.41, 5.74) is 0.655. The van der Waals surface area contributed by atoms with Gasteiger partial charge in [-0.3, -0.25) is 9.59 Å². The van der Waals surface area contributed by atoms with Crippen LogP contribution in [0.2, 0.25) is 5.02 Å². The molecule has 1 heterocycles. The van der Waals surface area contributed by atoms with Crippen LogP contribution in [0.15, 0.2) is 59.8 Å². The number of fused-ring (bicyclic) bond motifs is 2. The van der Waals surface area contributed by atoms with E-state index in [-0.39, 0.29) is 17.7 Å². The molecular formula is C35H38ClF3N4O8S. The van der Waals surface area contributed by atoms with Crippen LogP contribution in [-0.2, 0) is 29.9 Å². The molecule has 3 aromatic rings. The Kier molecular flexibility index (Phi) is 10.7. The first-order valence-electron chi connectivity index (χ1n) is 16.1. The minimum atomic E-state index is -4.92. The third-order valence-electron chi connectivity index (χ3n) is 8.73. The SMILES string of the molecule is CCC(=NOC(C)(C)C(=O)NS(C)(=O)=O)c1cc(NC(C(=O)N2CC3(CC3)c3ccc(OC(F)(F)F)cc32)c2ccc(Cl)cc2OC)cc(OC)c1. The van der Waals surface area contributed by atoms with E-state index in [1.807, 2.05) is 4.72 Å². The number of oxime groups is 1. The zero-order chi connectivity index (χ0) is 38.2. The topological polar surface area (TPSA) is 145 Å². The smallest absolute Gasteiger partial charge is 0.497 e. The third-order valence-corrected chi connectivity index (χ3v) is 9.52. The van der Waals surface area contributed by atoms with Crippen molar-refractivity contribution in [2.75, 3.05) is 37.2 Å². The molecule has 2 aliphatic rings. The van der Waals surface area contributed by atoms with Gasteiger partial charge in [0.1, 0.15) is 23.3 Å². The zero-order valence-corrected chi connectivity index (χ0v) is 30.8. The number of alkyl halides is 3. The molecule has 280 valence electrons. The number of methoxy groups -OCH3 is 2. The van der Waals surface area contributed by atoms with Crippen molar-refractivity contribution in [2.24, 2.45) is 5.16 Å². The molecule has 0 bridgehead atoms. The molecule has 1 saturated carbocycles. The highest BCUT2D eigenvalue weighted by Gasteiger charge is 2.54. The number of carbonyl (C=O) groups is 2. The molecule has 1 spiro atoms. The Morgan fingerprint density at radius 1 is 1.02 bits per heavy atom. The van der Waals surface area contributed by atoms with Crippen LogP contribution in [0.3, 0.4) is 0 Å². The van der Waals surface area contributed by atoms with Gasteiger partial charge < -0.3 is 29.3 Å². The molecule has 1 fully saturated rings. The Balaban J connectivity index is 1.55. The summed E-state index contributed by atoms with van der Waals surface area (Å²) in [7, 11) is -0.983. The highest BCUT2D eigenvalue weighted by atomic mass is 35.5. The maximum absolute atomic E-state index is 14.7. The lowest BCUT2D eigenvalue weighted by Gasteiger charge is -2.28. The maximum atomic E-state index is 14.7. The van der Waals surface area contributed by atoms with Gasteiger partial charge in [-0.25, -0.2) is 13.1 Å². The molecule has 0 radical (unpaired) electrons. The molecule has 2 amide bonds. The van der Waals surface area contributed by atoms with E-state index < -0.39 is 45.6 Å². The number of hydrogen-bond donors (Lipinski definition) is 2. The third kappa shape index (κ3) is 8.66. The van der Waals surface area contributed by atoms with Crippen molar-refractivity contribution in [1.82, 2.24) is 4.72 Å². The van der Waals surface area contributed by atoms with E-state index in [9.17, 15) is 31.2 Å². The highest BCUT2D eigenvalue weighted by Crippen LogP contribution is 2.57. The fourth-order valence-corrected chi connectivity index (χ4v) is 6.68. The minimum absolute atomic E-state index is 0.251. The van der Waals surface area contributed by atoms with E-state index in [0.717, 1.165) is 24.7 Å². The molecule has 5 rings (SSSR count). The number of halogens is 4. The number of carbonyl (C=O) groups excluding carboxylic acids is 2. The van der Waals surface area contributed by atoms with Crippen molar-refractivity contribution >= 4 is 50.5 Å². The van der Waals surface area contributed by atoms with Crippen molar-refractivity contribution in [2.45, 2.75) is 63.5 Å². The molecule has 17 heteroatoms. The minimum Gasteiger partial charge on any atom is -0.497 e. The van der Waals surface area contributed by atoms with Crippen molar-refractivity contribution in [1.29, 1.82) is 0 Å². The number of anilines is 2. The lowest BCUT2D eigenvalue weighted by Crippen LogP contribution is -2.45. The predicted octanol–water partition coefficient (Wildman–Crippen LogP) is 6.47. The van der Waals surface area contributed by atoms with Crippen LogP contribution in [-0.4, -0.2) is 64.9 Å². The van der Waals surface area contributed by atoms with Gasteiger partial charge in [0.25, 0.3) is 11.8 Å². The molecule has 3 aromatic carbocycles. The lowest BCUT2D eigenvalue weighted by atomic mass is 9.99. The van der Waals surface area contributed by atoms with Crippen molar-refractivity contribution in [3.05, 3.63) is 76.3 Å². The molecule has 1 aliphatic carbocycles. The Morgan fingerprint density at radius 3 is 2.33 bits per heavy atom. The lowest BCUT2D eigenvalue weighted by molar-refractivity contribution is -0.274. The van der Waals surface area contributed by atoms with Gasteiger partial charge in [-0.2, -0.15) is 0 Å². The summed E-state index contributed by atoms with van der Waals surface area (Å²) in [5, 5.41) is 7.81. The molecule has 2 N–H and O–H groups in total. The number of rotatable bonds is 13. The van der Waals surface area contributed by atoms with Gasteiger partial charge in [0.15, 0.2) is 0 Å². The molecule has 12 nitrogen and oxygen atoms in total. The molecule has 1 aliphatic heterocycles. The molecule has 52 heavy (non-hydrogen) atoms. The first kappa shape index (κ1) is 38.5. The molecule has 0 aromatic heterocycles. The average Bonchev–Trinajstić information content (AvgIpc) is 3.77. The summed E-state index contributed by atoms with van der Waals surface area (Å²) < 4.78 is 80.1. The summed E-state index contributed by atoms with van der Waals surface area (Å²) in [6, 6.07) is 12.7. The Hall–Kier alpha value is -4.70. The van der Waals surface area contributed by atoms with Gasteiger partial charge in [0.2, 0.25) is 15.6 Å². The van der Waals surface area contributed by atoms with Crippen LogP contribution < -0.4 is 29.1 Å². The summed E-state index contributed by atoms with van der Waals surface area (Å²) in [6.45, 7) is 4.76. The second-order valence-corrected chi connectivity index (χ2v) is 15.2. The maximum Gasteiger partial charge on any atom is 0.573 e. The number of amides is 2. The monoisotopic (exact) mass is 766 g/mol. The van der Waals surface area contributed by atoms with Crippen LogP contribution in [0, 0.1) is 0 Å². The molecule has 1 atom stereocenters. The Morgan fingerprint density at radius 2 is 1.73 bits per heavy atom. The van der Waals surface area contributed by atoms with E-state index in [0.29, 0.717) is 45.4 Å². The zero-order valence-electron chi connectivity index (χ0n) is 29.2. The fourth-order valence-electron chi connectivity index (χ4n) is 5.94.